The van der Waals surface area contributed by atoms with Gasteiger partial charge in [-0.3, -0.25) is 5.10 Å². The molecular weight excluding hydrogens is 240 g/mol. The zero-order valence-electron chi connectivity index (χ0n) is 8.61. The SMILES string of the molecule is S=c1cc(C2CC2)[nH]n1-c1ccc(Cl)cc1. The van der Waals surface area contributed by atoms with Gasteiger partial charge in [0.25, 0.3) is 0 Å². The normalized spacial score (nSPS) is 15.3. The molecule has 0 amide bonds. The summed E-state index contributed by atoms with van der Waals surface area (Å²) in [5.74, 6) is 0.690. The third kappa shape index (κ3) is 1.81. The summed E-state index contributed by atoms with van der Waals surface area (Å²) < 4.78 is 2.75. The molecule has 0 radical (unpaired) electrons. The number of hydrogen-bond donors (Lipinski definition) is 1. The standard InChI is InChI=1S/C12H11ClN2S/c13-9-3-5-10(6-4-9)15-12(16)7-11(14-15)8-1-2-8/h3-8,14H,1-2H2. The van der Waals surface area contributed by atoms with Crippen molar-refractivity contribution in [2.75, 3.05) is 0 Å². The first kappa shape index (κ1) is 10.1. The van der Waals surface area contributed by atoms with E-state index in [4.69, 9.17) is 23.8 Å². The first-order valence-corrected chi connectivity index (χ1v) is 6.10. The molecule has 2 aromatic rings. The van der Waals surface area contributed by atoms with Gasteiger partial charge in [-0.1, -0.05) is 23.8 Å². The summed E-state index contributed by atoms with van der Waals surface area (Å²) in [5, 5.41) is 4.09. The lowest BCUT2D eigenvalue weighted by Crippen LogP contribution is -1.96. The highest BCUT2D eigenvalue weighted by molar-refractivity contribution is 7.71. The molecular formula is C12H11ClN2S. The molecule has 3 rings (SSSR count). The third-order valence-corrected chi connectivity index (χ3v) is 3.39. The Labute approximate surface area is 104 Å². The first-order chi connectivity index (χ1) is 7.74. The van der Waals surface area contributed by atoms with E-state index in [9.17, 15) is 0 Å². The smallest absolute Gasteiger partial charge is 0.127 e. The van der Waals surface area contributed by atoms with E-state index in [1.807, 2.05) is 28.9 Å². The number of aromatic nitrogens is 2. The topological polar surface area (TPSA) is 20.7 Å². The molecule has 1 aliphatic carbocycles. The molecule has 4 heteroatoms. The summed E-state index contributed by atoms with van der Waals surface area (Å²) in [6.45, 7) is 0. The molecule has 0 spiro atoms. The van der Waals surface area contributed by atoms with Gasteiger partial charge in [-0.05, 0) is 43.2 Å². The molecule has 1 heterocycles. The van der Waals surface area contributed by atoms with Crippen LogP contribution in [0.5, 0.6) is 0 Å². The van der Waals surface area contributed by atoms with E-state index in [2.05, 4.69) is 11.2 Å². The summed E-state index contributed by atoms with van der Waals surface area (Å²) in [6, 6.07) is 9.73. The van der Waals surface area contributed by atoms with Crippen LogP contribution in [0.4, 0.5) is 0 Å². The Bertz CT molecular complexity index is 563. The predicted molar refractivity (Wildman–Crippen MR) is 67.9 cm³/mol. The second-order valence-electron chi connectivity index (χ2n) is 4.14. The highest BCUT2D eigenvalue weighted by Gasteiger charge is 2.25. The number of aromatic amines is 1. The minimum absolute atomic E-state index is 0.690. The Kier molecular flexibility index (Phi) is 2.37. The van der Waals surface area contributed by atoms with Crippen LogP contribution in [0.25, 0.3) is 5.69 Å². The zero-order valence-corrected chi connectivity index (χ0v) is 10.2. The van der Waals surface area contributed by atoms with Crippen LogP contribution in [-0.4, -0.2) is 9.78 Å². The van der Waals surface area contributed by atoms with Crippen LogP contribution in [0.3, 0.4) is 0 Å². The van der Waals surface area contributed by atoms with Gasteiger partial charge in [-0.25, -0.2) is 4.68 Å². The van der Waals surface area contributed by atoms with Crippen LogP contribution in [0, 0.1) is 4.64 Å². The Hall–Kier alpha value is -1.06. The molecule has 1 aliphatic rings. The molecule has 0 atom stereocenters. The Morgan fingerprint density at radius 2 is 1.94 bits per heavy atom. The van der Waals surface area contributed by atoms with Crippen LogP contribution >= 0.6 is 23.8 Å². The minimum Gasteiger partial charge on any atom is -0.297 e. The van der Waals surface area contributed by atoms with Crippen LogP contribution in [0.1, 0.15) is 24.5 Å². The number of benzene rings is 1. The molecule has 0 bridgehead atoms. The average molecular weight is 251 g/mol. The van der Waals surface area contributed by atoms with Crippen LogP contribution < -0.4 is 0 Å². The predicted octanol–water partition coefficient (Wildman–Crippen LogP) is 4.07. The fourth-order valence-electron chi connectivity index (χ4n) is 1.80. The average Bonchev–Trinajstić information content (AvgIpc) is 3.04. The van der Waals surface area contributed by atoms with Gasteiger partial charge < -0.3 is 0 Å². The fraction of sp³-hybridized carbons (Fsp3) is 0.250. The first-order valence-electron chi connectivity index (χ1n) is 5.32. The summed E-state index contributed by atoms with van der Waals surface area (Å²) in [6.07, 6.45) is 2.55. The van der Waals surface area contributed by atoms with Crippen molar-refractivity contribution in [1.82, 2.24) is 9.78 Å². The van der Waals surface area contributed by atoms with Gasteiger partial charge in [0.1, 0.15) is 4.64 Å². The van der Waals surface area contributed by atoms with Gasteiger partial charge in [0.05, 0.1) is 5.69 Å². The second-order valence-corrected chi connectivity index (χ2v) is 4.99. The number of nitrogens with one attached hydrogen (secondary N) is 1. The van der Waals surface area contributed by atoms with E-state index < -0.39 is 0 Å². The lowest BCUT2D eigenvalue weighted by Gasteiger charge is -2.02. The Morgan fingerprint density at radius 1 is 1.25 bits per heavy atom. The highest BCUT2D eigenvalue weighted by atomic mass is 35.5. The maximum Gasteiger partial charge on any atom is 0.127 e. The highest BCUT2D eigenvalue weighted by Crippen LogP contribution is 2.39. The fourth-order valence-corrected chi connectivity index (χ4v) is 2.20. The third-order valence-electron chi connectivity index (χ3n) is 2.84. The molecule has 82 valence electrons. The van der Waals surface area contributed by atoms with Crippen LogP contribution in [-0.2, 0) is 0 Å². The summed E-state index contributed by atoms with van der Waals surface area (Å²) in [7, 11) is 0. The minimum atomic E-state index is 0.690. The maximum atomic E-state index is 5.86. The van der Waals surface area contributed by atoms with E-state index in [1.54, 1.807) is 0 Å². The molecule has 1 aromatic heterocycles. The number of rotatable bonds is 2. The van der Waals surface area contributed by atoms with E-state index in [1.165, 1.54) is 18.5 Å². The Balaban J connectivity index is 2.05. The monoisotopic (exact) mass is 250 g/mol. The molecule has 1 aromatic carbocycles. The number of halogens is 1. The van der Waals surface area contributed by atoms with Crippen LogP contribution in [0.2, 0.25) is 5.02 Å². The van der Waals surface area contributed by atoms with Crippen molar-refractivity contribution >= 4 is 23.8 Å². The summed E-state index contributed by atoms with van der Waals surface area (Å²) in [5.41, 5.74) is 2.28. The summed E-state index contributed by atoms with van der Waals surface area (Å²) in [4.78, 5) is 0. The molecule has 0 aliphatic heterocycles. The molecule has 1 fully saturated rings. The molecule has 1 N–H and O–H groups in total. The van der Waals surface area contributed by atoms with Gasteiger partial charge in [0.15, 0.2) is 0 Å². The van der Waals surface area contributed by atoms with Crippen molar-refractivity contribution in [3.05, 3.63) is 45.7 Å². The number of H-pyrrole nitrogens is 1. The number of nitrogens with zero attached hydrogens (tertiary/aromatic N) is 1. The van der Waals surface area contributed by atoms with Crippen molar-refractivity contribution in [3.8, 4) is 5.69 Å². The van der Waals surface area contributed by atoms with Crippen molar-refractivity contribution in [2.24, 2.45) is 0 Å². The molecule has 0 saturated heterocycles. The van der Waals surface area contributed by atoms with Gasteiger partial charge in [-0.2, -0.15) is 0 Å². The van der Waals surface area contributed by atoms with Crippen molar-refractivity contribution < 1.29 is 0 Å². The van der Waals surface area contributed by atoms with Gasteiger partial charge in [-0.15, -0.1) is 0 Å². The number of hydrogen-bond acceptors (Lipinski definition) is 1. The van der Waals surface area contributed by atoms with Gasteiger partial charge in [0, 0.05) is 16.6 Å². The van der Waals surface area contributed by atoms with Crippen molar-refractivity contribution in [1.29, 1.82) is 0 Å². The van der Waals surface area contributed by atoms with Gasteiger partial charge in [0.2, 0.25) is 0 Å². The quantitative estimate of drug-likeness (QED) is 0.797. The maximum absolute atomic E-state index is 5.86. The molecule has 0 unspecified atom stereocenters. The van der Waals surface area contributed by atoms with Crippen molar-refractivity contribution in [2.45, 2.75) is 18.8 Å². The van der Waals surface area contributed by atoms with Crippen LogP contribution in [0.15, 0.2) is 30.3 Å². The van der Waals surface area contributed by atoms with E-state index >= 15 is 0 Å². The summed E-state index contributed by atoms with van der Waals surface area (Å²) >= 11 is 11.2. The van der Waals surface area contributed by atoms with Crippen molar-refractivity contribution in [3.63, 3.8) is 0 Å². The van der Waals surface area contributed by atoms with Gasteiger partial charge >= 0.3 is 0 Å². The lowest BCUT2D eigenvalue weighted by atomic mass is 10.3. The van der Waals surface area contributed by atoms with E-state index in [-0.39, 0.29) is 0 Å². The zero-order chi connectivity index (χ0) is 11.1. The molecule has 1 saturated carbocycles. The van der Waals surface area contributed by atoms with E-state index in [0.29, 0.717) is 5.92 Å². The molecule has 2 nitrogen and oxygen atoms in total. The second kappa shape index (κ2) is 3.75. The lowest BCUT2D eigenvalue weighted by molar-refractivity contribution is 0.830. The Morgan fingerprint density at radius 3 is 2.56 bits per heavy atom. The molecule has 16 heavy (non-hydrogen) atoms. The largest absolute Gasteiger partial charge is 0.297 e. The van der Waals surface area contributed by atoms with E-state index in [0.717, 1.165) is 15.4 Å².